The summed E-state index contributed by atoms with van der Waals surface area (Å²) in [5, 5.41) is 9.82. The molecule has 1 aromatic rings. The summed E-state index contributed by atoms with van der Waals surface area (Å²) < 4.78 is 5.37. The number of hydrogen-bond donors (Lipinski definition) is 1. The molecule has 0 spiro atoms. The van der Waals surface area contributed by atoms with Gasteiger partial charge >= 0.3 is 5.97 Å². The number of nitrogens with zero attached hydrogens (tertiary/aromatic N) is 2. The van der Waals surface area contributed by atoms with Crippen LogP contribution < -0.4 is 0 Å². The van der Waals surface area contributed by atoms with Gasteiger partial charge in [-0.25, -0.2) is 0 Å². The molecule has 0 radical (unpaired) electrons. The van der Waals surface area contributed by atoms with Crippen molar-refractivity contribution < 1.29 is 14.6 Å². The van der Waals surface area contributed by atoms with Gasteiger partial charge in [0.15, 0.2) is 0 Å². The van der Waals surface area contributed by atoms with Gasteiger partial charge in [0.2, 0.25) is 0 Å². The first kappa shape index (κ1) is 15.5. The highest BCUT2D eigenvalue weighted by atomic mass is 16.5. The molecule has 22 heavy (non-hydrogen) atoms. The van der Waals surface area contributed by atoms with Crippen LogP contribution in [0, 0.1) is 0 Å². The number of likely N-dealkylation sites (tertiary alicyclic amines) is 1. The van der Waals surface area contributed by atoms with Gasteiger partial charge in [0, 0.05) is 32.7 Å². The van der Waals surface area contributed by atoms with Crippen molar-refractivity contribution in [3.05, 3.63) is 35.9 Å². The Balaban J connectivity index is 1.63. The molecule has 2 fully saturated rings. The summed E-state index contributed by atoms with van der Waals surface area (Å²) in [6.45, 7) is 5.30. The minimum absolute atomic E-state index is 0.642. The van der Waals surface area contributed by atoms with E-state index in [2.05, 4.69) is 34.1 Å². The second-order valence-electron chi connectivity index (χ2n) is 6.20. The summed E-state index contributed by atoms with van der Waals surface area (Å²) in [6, 6.07) is 10.4. The molecule has 1 N–H and O–H groups in total. The first-order valence-corrected chi connectivity index (χ1v) is 8.03. The number of ether oxygens (including phenoxy) is 1. The Labute approximate surface area is 131 Å². The number of aliphatic carboxylic acids is 1. The van der Waals surface area contributed by atoms with Crippen LogP contribution >= 0.6 is 0 Å². The van der Waals surface area contributed by atoms with Crippen molar-refractivity contribution in [1.29, 1.82) is 0 Å². The predicted octanol–water partition coefficient (Wildman–Crippen LogP) is 1.44. The molecule has 0 saturated carbocycles. The van der Waals surface area contributed by atoms with Crippen molar-refractivity contribution in [2.45, 2.75) is 24.9 Å². The maximum absolute atomic E-state index is 11.9. The molecule has 5 heteroatoms. The maximum Gasteiger partial charge on any atom is 0.324 e. The second kappa shape index (κ2) is 6.77. The van der Waals surface area contributed by atoms with Crippen LogP contribution in [-0.2, 0) is 16.1 Å². The zero-order chi connectivity index (χ0) is 15.4. The quantitative estimate of drug-likeness (QED) is 0.912. The van der Waals surface area contributed by atoms with Crippen molar-refractivity contribution in [1.82, 2.24) is 9.80 Å². The molecule has 5 nitrogen and oxygen atoms in total. The van der Waals surface area contributed by atoms with Gasteiger partial charge in [-0.1, -0.05) is 30.3 Å². The van der Waals surface area contributed by atoms with E-state index < -0.39 is 11.5 Å². The number of hydrogen-bond acceptors (Lipinski definition) is 4. The van der Waals surface area contributed by atoms with E-state index in [0.717, 1.165) is 32.7 Å². The summed E-state index contributed by atoms with van der Waals surface area (Å²) in [6.07, 6.45) is 1.38. The first-order valence-electron chi connectivity index (χ1n) is 8.03. The number of rotatable bonds is 4. The van der Waals surface area contributed by atoms with E-state index in [1.54, 1.807) is 0 Å². The van der Waals surface area contributed by atoms with E-state index in [1.165, 1.54) is 5.56 Å². The molecule has 2 aliphatic rings. The molecule has 0 aromatic heterocycles. The van der Waals surface area contributed by atoms with E-state index >= 15 is 0 Å². The van der Waals surface area contributed by atoms with Gasteiger partial charge in [-0.05, 0) is 18.4 Å². The Hall–Kier alpha value is -1.43. The van der Waals surface area contributed by atoms with Crippen LogP contribution in [-0.4, -0.2) is 65.8 Å². The van der Waals surface area contributed by atoms with Gasteiger partial charge in [0.1, 0.15) is 5.54 Å². The van der Waals surface area contributed by atoms with Gasteiger partial charge in [-0.2, -0.15) is 0 Å². The smallest absolute Gasteiger partial charge is 0.324 e. The number of piperidine rings is 1. The summed E-state index contributed by atoms with van der Waals surface area (Å²) in [7, 11) is 0. The fraction of sp³-hybridized carbons (Fsp3) is 0.588. The fourth-order valence-corrected chi connectivity index (χ4v) is 3.58. The molecule has 0 aliphatic carbocycles. The molecule has 2 saturated heterocycles. The van der Waals surface area contributed by atoms with Crippen LogP contribution in [0.5, 0.6) is 0 Å². The standard InChI is InChI=1S/C17H24N2O3/c20-16(21)17(19-10-12-22-13-11-19)6-8-18(9-7-17)14-15-4-2-1-3-5-15/h1-5H,6-14H2,(H,20,21). The third kappa shape index (κ3) is 3.16. The highest BCUT2D eigenvalue weighted by Gasteiger charge is 2.46. The number of benzene rings is 1. The van der Waals surface area contributed by atoms with Crippen molar-refractivity contribution >= 4 is 5.97 Å². The highest BCUT2D eigenvalue weighted by molar-refractivity contribution is 5.79. The third-order valence-electron chi connectivity index (χ3n) is 4.95. The lowest BCUT2D eigenvalue weighted by Gasteiger charge is -2.47. The minimum Gasteiger partial charge on any atom is -0.480 e. The molecule has 0 amide bonds. The zero-order valence-corrected chi connectivity index (χ0v) is 12.9. The summed E-state index contributed by atoms with van der Waals surface area (Å²) in [5.41, 5.74) is 0.591. The van der Waals surface area contributed by atoms with E-state index in [4.69, 9.17) is 4.74 Å². The number of carbonyl (C=O) groups is 1. The number of morpholine rings is 1. The normalized spacial score (nSPS) is 23.3. The molecule has 0 unspecified atom stereocenters. The average Bonchev–Trinajstić information content (AvgIpc) is 2.57. The Morgan fingerprint density at radius 2 is 1.73 bits per heavy atom. The second-order valence-corrected chi connectivity index (χ2v) is 6.20. The molecule has 3 rings (SSSR count). The van der Waals surface area contributed by atoms with E-state index in [0.29, 0.717) is 26.1 Å². The topological polar surface area (TPSA) is 53.0 Å². The predicted molar refractivity (Wildman–Crippen MR) is 83.7 cm³/mol. The van der Waals surface area contributed by atoms with Crippen molar-refractivity contribution in [3.8, 4) is 0 Å². The van der Waals surface area contributed by atoms with Crippen LogP contribution in [0.1, 0.15) is 18.4 Å². The van der Waals surface area contributed by atoms with Crippen LogP contribution in [0.15, 0.2) is 30.3 Å². The molecule has 1 aromatic carbocycles. The van der Waals surface area contributed by atoms with Gasteiger partial charge in [0.05, 0.1) is 13.2 Å². The lowest BCUT2D eigenvalue weighted by atomic mass is 9.85. The molecular formula is C17H24N2O3. The maximum atomic E-state index is 11.9. The van der Waals surface area contributed by atoms with Crippen LogP contribution in [0.2, 0.25) is 0 Å². The molecule has 2 heterocycles. The Kier molecular flexibility index (Phi) is 4.76. The number of carboxylic acid groups (broad SMARTS) is 1. The molecule has 0 atom stereocenters. The summed E-state index contributed by atoms with van der Waals surface area (Å²) >= 11 is 0. The largest absolute Gasteiger partial charge is 0.480 e. The third-order valence-corrected chi connectivity index (χ3v) is 4.95. The minimum atomic E-state index is -0.697. The summed E-state index contributed by atoms with van der Waals surface area (Å²) in [4.78, 5) is 16.4. The van der Waals surface area contributed by atoms with Gasteiger partial charge in [-0.3, -0.25) is 14.6 Å². The molecule has 2 aliphatic heterocycles. The van der Waals surface area contributed by atoms with E-state index in [-0.39, 0.29) is 0 Å². The SMILES string of the molecule is O=C(O)C1(N2CCOCC2)CCN(Cc2ccccc2)CC1. The first-order chi connectivity index (χ1) is 10.7. The van der Waals surface area contributed by atoms with Crippen LogP contribution in [0.3, 0.4) is 0 Å². The zero-order valence-electron chi connectivity index (χ0n) is 12.9. The molecule has 120 valence electrons. The lowest BCUT2D eigenvalue weighted by molar-refractivity contribution is -0.159. The average molecular weight is 304 g/mol. The lowest BCUT2D eigenvalue weighted by Crippen LogP contribution is -2.62. The Bertz CT molecular complexity index is 492. The summed E-state index contributed by atoms with van der Waals surface area (Å²) in [5.74, 6) is -0.672. The Morgan fingerprint density at radius 1 is 1.09 bits per heavy atom. The van der Waals surface area contributed by atoms with Crippen molar-refractivity contribution in [2.75, 3.05) is 39.4 Å². The van der Waals surface area contributed by atoms with E-state index in [1.807, 2.05) is 6.07 Å². The van der Waals surface area contributed by atoms with Crippen LogP contribution in [0.4, 0.5) is 0 Å². The van der Waals surface area contributed by atoms with E-state index in [9.17, 15) is 9.90 Å². The number of carboxylic acids is 1. The van der Waals surface area contributed by atoms with Crippen LogP contribution in [0.25, 0.3) is 0 Å². The van der Waals surface area contributed by atoms with Crippen molar-refractivity contribution in [3.63, 3.8) is 0 Å². The Morgan fingerprint density at radius 3 is 2.32 bits per heavy atom. The van der Waals surface area contributed by atoms with Gasteiger partial charge < -0.3 is 9.84 Å². The molecule has 0 bridgehead atoms. The highest BCUT2D eigenvalue weighted by Crippen LogP contribution is 2.30. The fourth-order valence-electron chi connectivity index (χ4n) is 3.58. The van der Waals surface area contributed by atoms with Crippen molar-refractivity contribution in [2.24, 2.45) is 0 Å². The molecular weight excluding hydrogens is 280 g/mol. The van der Waals surface area contributed by atoms with Gasteiger partial charge in [-0.15, -0.1) is 0 Å². The van der Waals surface area contributed by atoms with Gasteiger partial charge in [0.25, 0.3) is 0 Å². The monoisotopic (exact) mass is 304 g/mol.